The molecule has 2 aliphatic rings. The van der Waals surface area contributed by atoms with Crippen LogP contribution in [0.3, 0.4) is 0 Å². The summed E-state index contributed by atoms with van der Waals surface area (Å²) in [5.74, 6) is -0.971. The summed E-state index contributed by atoms with van der Waals surface area (Å²) in [6.45, 7) is 2.18. The summed E-state index contributed by atoms with van der Waals surface area (Å²) in [5.41, 5.74) is 2.99. The van der Waals surface area contributed by atoms with Crippen LogP contribution >= 0.6 is 22.9 Å². The molecule has 2 aliphatic heterocycles. The lowest BCUT2D eigenvalue weighted by Gasteiger charge is -2.23. The third-order valence-electron chi connectivity index (χ3n) is 6.15. The van der Waals surface area contributed by atoms with Gasteiger partial charge in [-0.25, -0.2) is 4.79 Å². The van der Waals surface area contributed by atoms with E-state index in [1.807, 2.05) is 18.2 Å². The molecule has 2 aromatic rings. The molecule has 1 aromatic heterocycles. The molecule has 2 atom stereocenters. The van der Waals surface area contributed by atoms with Crippen LogP contribution in [0.5, 0.6) is 0 Å². The van der Waals surface area contributed by atoms with E-state index in [-0.39, 0.29) is 24.4 Å². The number of nitrogens with one attached hydrogen (secondary N) is 1. The zero-order chi connectivity index (χ0) is 22.8. The molecule has 0 spiro atoms. The van der Waals surface area contributed by atoms with Gasteiger partial charge in [-0.1, -0.05) is 17.7 Å². The number of fused-ring (bicyclic) bond motifs is 1. The molecule has 1 saturated heterocycles. The monoisotopic (exact) mass is 475 g/mol. The van der Waals surface area contributed by atoms with Gasteiger partial charge in [0.2, 0.25) is 0 Å². The quantitative estimate of drug-likeness (QED) is 0.688. The highest BCUT2D eigenvalue weighted by atomic mass is 35.5. The predicted octanol–water partition coefficient (Wildman–Crippen LogP) is 2.62. The SMILES string of the molecule is COC(=O)[C@@H]1C[C@@H](NC(=O)c2ccc(Cl)s2)CN1C(=O)c1ccc2c(c1)CCN(C)CC2. The van der Waals surface area contributed by atoms with E-state index in [2.05, 4.69) is 17.3 Å². The van der Waals surface area contributed by atoms with Gasteiger partial charge in [-0.15, -0.1) is 11.3 Å². The third-order valence-corrected chi connectivity index (χ3v) is 7.38. The summed E-state index contributed by atoms with van der Waals surface area (Å²) >= 11 is 7.12. The van der Waals surface area contributed by atoms with Crippen LogP contribution in [-0.2, 0) is 22.4 Å². The first-order valence-electron chi connectivity index (χ1n) is 10.6. The minimum Gasteiger partial charge on any atom is -0.467 e. The number of thiophene rings is 1. The summed E-state index contributed by atoms with van der Waals surface area (Å²) in [4.78, 5) is 42.7. The van der Waals surface area contributed by atoms with Gasteiger partial charge in [0.1, 0.15) is 6.04 Å². The van der Waals surface area contributed by atoms with E-state index in [0.29, 0.717) is 21.2 Å². The molecule has 170 valence electrons. The number of likely N-dealkylation sites (N-methyl/N-ethyl adjacent to an activating group) is 1. The van der Waals surface area contributed by atoms with Gasteiger partial charge in [0.15, 0.2) is 0 Å². The van der Waals surface area contributed by atoms with Crippen LogP contribution in [0, 0.1) is 0 Å². The number of hydrogen-bond acceptors (Lipinski definition) is 6. The molecule has 1 fully saturated rings. The number of hydrogen-bond donors (Lipinski definition) is 1. The maximum absolute atomic E-state index is 13.4. The number of ether oxygens (including phenoxy) is 1. The van der Waals surface area contributed by atoms with Crippen LogP contribution in [0.15, 0.2) is 30.3 Å². The molecule has 0 unspecified atom stereocenters. The van der Waals surface area contributed by atoms with Crippen molar-refractivity contribution in [1.29, 1.82) is 0 Å². The van der Waals surface area contributed by atoms with Crippen molar-refractivity contribution in [3.8, 4) is 0 Å². The van der Waals surface area contributed by atoms with Crippen molar-refractivity contribution in [2.75, 3.05) is 33.8 Å². The van der Waals surface area contributed by atoms with Crippen LogP contribution in [0.25, 0.3) is 0 Å². The Labute approximate surface area is 196 Å². The molecular formula is C23H26ClN3O4S. The van der Waals surface area contributed by atoms with E-state index in [9.17, 15) is 14.4 Å². The van der Waals surface area contributed by atoms with Gasteiger partial charge in [0.25, 0.3) is 11.8 Å². The maximum Gasteiger partial charge on any atom is 0.328 e. The fourth-order valence-corrected chi connectivity index (χ4v) is 5.30. The molecule has 2 amide bonds. The number of nitrogens with zero attached hydrogens (tertiary/aromatic N) is 2. The number of likely N-dealkylation sites (tertiary alicyclic amines) is 1. The summed E-state index contributed by atoms with van der Waals surface area (Å²) in [6.07, 6.45) is 2.14. The van der Waals surface area contributed by atoms with Gasteiger partial charge in [0, 0.05) is 37.7 Å². The molecule has 3 heterocycles. The van der Waals surface area contributed by atoms with Gasteiger partial charge in [-0.2, -0.15) is 0 Å². The fourth-order valence-electron chi connectivity index (χ4n) is 4.35. The number of benzene rings is 1. The lowest BCUT2D eigenvalue weighted by Crippen LogP contribution is -2.42. The Morgan fingerprint density at radius 2 is 1.88 bits per heavy atom. The summed E-state index contributed by atoms with van der Waals surface area (Å²) in [7, 11) is 3.41. The Morgan fingerprint density at radius 1 is 1.12 bits per heavy atom. The standard InChI is InChI=1S/C23H26ClN3O4S/c1-26-9-7-14-3-4-16(11-15(14)8-10-26)22(29)27-13-17(12-18(27)23(30)31-2)25-21(28)19-5-6-20(24)32-19/h3-6,11,17-18H,7-10,12-13H2,1-2H3,(H,25,28)/t17-,18+/m1/s1. The molecule has 9 heteroatoms. The highest BCUT2D eigenvalue weighted by molar-refractivity contribution is 7.18. The van der Waals surface area contributed by atoms with Gasteiger partial charge in [-0.05, 0) is 55.3 Å². The first kappa shape index (κ1) is 22.8. The normalized spacial score (nSPS) is 21.0. The zero-order valence-corrected chi connectivity index (χ0v) is 19.7. The molecule has 0 aliphatic carbocycles. The van der Waals surface area contributed by atoms with Crippen molar-refractivity contribution in [1.82, 2.24) is 15.1 Å². The van der Waals surface area contributed by atoms with Crippen LogP contribution < -0.4 is 5.32 Å². The fraction of sp³-hybridized carbons (Fsp3) is 0.435. The number of rotatable bonds is 4. The molecule has 0 bridgehead atoms. The van der Waals surface area contributed by atoms with E-state index in [0.717, 1.165) is 25.9 Å². The lowest BCUT2D eigenvalue weighted by molar-refractivity contribution is -0.145. The number of halogens is 1. The van der Waals surface area contributed by atoms with Crippen LogP contribution in [0.4, 0.5) is 0 Å². The topological polar surface area (TPSA) is 79.0 Å². The molecule has 1 aromatic carbocycles. The Kier molecular flexibility index (Phi) is 6.83. The first-order chi connectivity index (χ1) is 15.4. The number of esters is 1. The average molecular weight is 476 g/mol. The van der Waals surface area contributed by atoms with Crippen molar-refractivity contribution in [3.05, 3.63) is 56.2 Å². The Morgan fingerprint density at radius 3 is 2.56 bits per heavy atom. The number of methoxy groups -OCH3 is 1. The number of carbonyl (C=O) groups excluding carboxylic acids is 3. The second-order valence-corrected chi connectivity index (χ2v) is 10.0. The third kappa shape index (κ3) is 4.82. The van der Waals surface area contributed by atoms with E-state index < -0.39 is 12.0 Å². The van der Waals surface area contributed by atoms with Gasteiger partial charge < -0.3 is 19.9 Å². The second-order valence-electron chi connectivity index (χ2n) is 8.29. The molecule has 7 nitrogen and oxygen atoms in total. The van der Waals surface area contributed by atoms with Gasteiger partial charge >= 0.3 is 5.97 Å². The Balaban J connectivity index is 1.52. The lowest BCUT2D eigenvalue weighted by atomic mass is 9.99. The van der Waals surface area contributed by atoms with E-state index in [4.69, 9.17) is 16.3 Å². The van der Waals surface area contributed by atoms with E-state index in [1.54, 1.807) is 12.1 Å². The largest absolute Gasteiger partial charge is 0.467 e. The molecule has 0 radical (unpaired) electrons. The highest BCUT2D eigenvalue weighted by Gasteiger charge is 2.41. The Hall–Kier alpha value is -2.42. The smallest absolute Gasteiger partial charge is 0.328 e. The van der Waals surface area contributed by atoms with Crippen molar-refractivity contribution >= 4 is 40.7 Å². The first-order valence-corrected chi connectivity index (χ1v) is 11.8. The van der Waals surface area contributed by atoms with Crippen LogP contribution in [-0.4, -0.2) is 73.5 Å². The average Bonchev–Trinajstić information content (AvgIpc) is 3.36. The molecular weight excluding hydrogens is 450 g/mol. The summed E-state index contributed by atoms with van der Waals surface area (Å²) in [5, 5.41) is 2.92. The summed E-state index contributed by atoms with van der Waals surface area (Å²) in [6, 6.07) is 8.03. The van der Waals surface area contributed by atoms with Gasteiger partial charge in [-0.3, -0.25) is 9.59 Å². The zero-order valence-electron chi connectivity index (χ0n) is 18.1. The minimum atomic E-state index is -0.741. The van der Waals surface area contributed by atoms with E-state index in [1.165, 1.54) is 34.5 Å². The Bertz CT molecular complexity index is 1040. The number of amides is 2. The second kappa shape index (κ2) is 9.60. The molecule has 1 N–H and O–H groups in total. The van der Waals surface area contributed by atoms with Crippen LogP contribution in [0.1, 0.15) is 37.6 Å². The van der Waals surface area contributed by atoms with Crippen molar-refractivity contribution in [3.63, 3.8) is 0 Å². The van der Waals surface area contributed by atoms with Gasteiger partial charge in [0.05, 0.1) is 16.3 Å². The maximum atomic E-state index is 13.4. The molecule has 0 saturated carbocycles. The van der Waals surface area contributed by atoms with E-state index >= 15 is 0 Å². The molecule has 4 rings (SSSR count). The molecule has 32 heavy (non-hydrogen) atoms. The number of carbonyl (C=O) groups is 3. The van der Waals surface area contributed by atoms with Crippen LogP contribution in [0.2, 0.25) is 4.34 Å². The van der Waals surface area contributed by atoms with Crippen molar-refractivity contribution < 1.29 is 19.1 Å². The minimum absolute atomic E-state index is 0.225. The van der Waals surface area contributed by atoms with Crippen molar-refractivity contribution in [2.45, 2.75) is 31.3 Å². The summed E-state index contributed by atoms with van der Waals surface area (Å²) < 4.78 is 5.47. The highest BCUT2D eigenvalue weighted by Crippen LogP contribution is 2.26. The van der Waals surface area contributed by atoms with Crippen molar-refractivity contribution in [2.24, 2.45) is 0 Å². The predicted molar refractivity (Wildman–Crippen MR) is 123 cm³/mol.